The van der Waals surface area contributed by atoms with Crippen molar-refractivity contribution in [3.05, 3.63) is 83.9 Å². The van der Waals surface area contributed by atoms with Gasteiger partial charge in [-0.1, -0.05) is 42.5 Å². The minimum absolute atomic E-state index is 0.0122. The van der Waals surface area contributed by atoms with Crippen LogP contribution < -0.4 is 43.4 Å². The number of phenols is 1. The third-order valence-corrected chi connectivity index (χ3v) is 10.8. The Morgan fingerprint density at radius 2 is 1.14 bits per heavy atom. The predicted octanol–water partition coefficient (Wildman–Crippen LogP) is -1.13. The van der Waals surface area contributed by atoms with E-state index in [2.05, 4.69) is 41.9 Å². The van der Waals surface area contributed by atoms with Gasteiger partial charge in [0.15, 0.2) is 0 Å². The number of carbonyl (C=O) groups excluding carboxylic acids is 7. The first-order valence-electron chi connectivity index (χ1n) is 19.9. The maximum Gasteiger partial charge on any atom is 0.305 e. The standard InChI is InChI=1S/C41H56N10O10S2/c1-23(36(56)47-29(13-15-62-2)38(58)49-31(35(43)55)20-34(53)54)46-40(60)33(19-26-21-44-22-45-26)51-41(61)32(18-24-7-5-4-6-8-24)50-39(59)30(14-16-63-3)48-37(57)28(42)17-25-9-11-27(52)12-10-25/h4-12,21-23,28-33,52H,13-20,42H2,1-3H3,(H2,43,55)(H,44,45)(H,46,60)(H,47,56)(H,48,57)(H,49,58)(H,50,59)(H,51,61)(H,53,54)/t23-,28-,29-,30+,31-,32-,33-/m0/s1. The van der Waals surface area contributed by atoms with Crippen LogP contribution in [0.25, 0.3) is 0 Å². The van der Waals surface area contributed by atoms with Crippen LogP contribution in [-0.4, -0.2) is 134 Å². The summed E-state index contributed by atoms with van der Waals surface area (Å²) in [6.45, 7) is 1.35. The Balaban J connectivity index is 1.81. The molecule has 22 heteroatoms. The fraction of sp³-hybridized carbons (Fsp3) is 0.439. The van der Waals surface area contributed by atoms with E-state index in [9.17, 15) is 43.5 Å². The first-order valence-corrected chi connectivity index (χ1v) is 22.7. The summed E-state index contributed by atoms with van der Waals surface area (Å²) in [5.41, 5.74) is 13.3. The molecule has 3 aromatic rings. The number of carboxylic acid groups (broad SMARTS) is 1. The van der Waals surface area contributed by atoms with Crippen LogP contribution in [0.5, 0.6) is 5.75 Å². The Bertz CT molecular complexity index is 1990. The van der Waals surface area contributed by atoms with Crippen LogP contribution in [0.15, 0.2) is 67.1 Å². The van der Waals surface area contributed by atoms with Crippen molar-refractivity contribution < 1.29 is 48.6 Å². The SMILES string of the molecule is CSCC[C@H](NC(=O)[C@H](C)NC(=O)[C@H](Cc1cnc[nH]1)NC(=O)[C@H](Cc1ccccc1)NC(=O)[C@@H](CCSC)NC(=O)[C@@H](N)Cc1ccc(O)cc1)C(=O)N[C@@H](CC(=O)O)C(N)=O. The maximum absolute atomic E-state index is 14.2. The molecule has 2 aromatic carbocycles. The number of amides is 7. The molecule has 7 amide bonds. The molecule has 0 radical (unpaired) electrons. The minimum Gasteiger partial charge on any atom is -0.508 e. The lowest BCUT2D eigenvalue weighted by molar-refractivity contribution is -0.140. The van der Waals surface area contributed by atoms with Crippen molar-refractivity contribution in [2.45, 2.75) is 87.7 Å². The second-order valence-corrected chi connectivity index (χ2v) is 16.5. The van der Waals surface area contributed by atoms with Gasteiger partial charge < -0.3 is 58.6 Å². The van der Waals surface area contributed by atoms with Crippen LogP contribution in [0, 0.1) is 0 Å². The summed E-state index contributed by atoms with van der Waals surface area (Å²) in [7, 11) is 0. The summed E-state index contributed by atoms with van der Waals surface area (Å²) in [5.74, 6) is -6.05. The van der Waals surface area contributed by atoms with Crippen LogP contribution in [0.2, 0.25) is 0 Å². The molecule has 342 valence electrons. The van der Waals surface area contributed by atoms with Crippen LogP contribution in [0.4, 0.5) is 0 Å². The lowest BCUT2D eigenvalue weighted by Crippen LogP contribution is -2.60. The molecular weight excluding hydrogens is 857 g/mol. The van der Waals surface area contributed by atoms with E-state index in [1.54, 1.807) is 48.7 Å². The van der Waals surface area contributed by atoms with Crippen LogP contribution in [-0.2, 0) is 57.6 Å². The van der Waals surface area contributed by atoms with Crippen LogP contribution >= 0.6 is 23.5 Å². The Hall–Kier alpha value is -6.13. The summed E-state index contributed by atoms with van der Waals surface area (Å²) < 4.78 is 0. The number of hydrogen-bond acceptors (Lipinski definition) is 13. The number of phenolic OH excluding ortho intramolecular Hbond substituents is 1. The van der Waals surface area contributed by atoms with E-state index in [0.29, 0.717) is 28.3 Å². The number of aromatic nitrogens is 2. The normalized spacial score (nSPS) is 14.3. The number of nitrogens with one attached hydrogen (secondary N) is 7. The van der Waals surface area contributed by atoms with Gasteiger partial charge in [0.1, 0.15) is 42.0 Å². The average Bonchev–Trinajstić information content (AvgIpc) is 3.76. The molecule has 0 aliphatic heterocycles. The van der Waals surface area contributed by atoms with Crippen molar-refractivity contribution in [2.24, 2.45) is 11.5 Å². The molecule has 0 unspecified atom stereocenters. The van der Waals surface area contributed by atoms with Gasteiger partial charge in [0.05, 0.1) is 18.8 Å². The largest absolute Gasteiger partial charge is 0.508 e. The molecule has 7 atom stereocenters. The van der Waals surface area contributed by atoms with Gasteiger partial charge in [0, 0.05) is 24.7 Å². The zero-order chi connectivity index (χ0) is 46.5. The van der Waals surface area contributed by atoms with E-state index in [1.807, 2.05) is 6.26 Å². The van der Waals surface area contributed by atoms with Crippen molar-refractivity contribution in [3.63, 3.8) is 0 Å². The number of H-pyrrole nitrogens is 1. The molecule has 0 fully saturated rings. The summed E-state index contributed by atoms with van der Waals surface area (Å²) in [6.07, 6.45) is 5.91. The number of nitrogens with zero attached hydrogens (tertiary/aromatic N) is 1. The Morgan fingerprint density at radius 3 is 1.67 bits per heavy atom. The number of benzene rings is 2. The number of imidazole rings is 1. The number of rotatable bonds is 27. The highest BCUT2D eigenvalue weighted by Gasteiger charge is 2.33. The molecule has 0 aliphatic carbocycles. The zero-order valence-electron chi connectivity index (χ0n) is 35.1. The van der Waals surface area contributed by atoms with Gasteiger partial charge in [-0.25, -0.2) is 4.98 Å². The smallest absolute Gasteiger partial charge is 0.305 e. The number of carbonyl (C=O) groups is 8. The third-order valence-electron chi connectivity index (χ3n) is 9.53. The lowest BCUT2D eigenvalue weighted by atomic mass is 10.0. The molecule has 1 aromatic heterocycles. The van der Waals surface area contributed by atoms with Crippen LogP contribution in [0.3, 0.4) is 0 Å². The van der Waals surface area contributed by atoms with Gasteiger partial charge >= 0.3 is 5.97 Å². The maximum atomic E-state index is 14.2. The van der Waals surface area contributed by atoms with Gasteiger partial charge in [-0.3, -0.25) is 38.4 Å². The van der Waals surface area contributed by atoms with Gasteiger partial charge in [-0.15, -0.1) is 0 Å². The second-order valence-electron chi connectivity index (χ2n) is 14.5. The number of aromatic hydroxyl groups is 1. The molecule has 0 aliphatic rings. The number of hydrogen-bond donors (Lipinski definition) is 11. The summed E-state index contributed by atoms with van der Waals surface area (Å²) in [6, 6.07) is 6.21. The molecular formula is C41H56N10O10S2. The molecule has 0 spiro atoms. The van der Waals surface area contributed by atoms with Gasteiger partial charge in [-0.2, -0.15) is 23.5 Å². The highest BCUT2D eigenvalue weighted by molar-refractivity contribution is 7.98. The minimum atomic E-state index is -1.54. The fourth-order valence-corrected chi connectivity index (χ4v) is 6.98. The predicted molar refractivity (Wildman–Crippen MR) is 237 cm³/mol. The van der Waals surface area contributed by atoms with Crippen molar-refractivity contribution in [1.82, 2.24) is 41.9 Å². The highest BCUT2D eigenvalue weighted by Crippen LogP contribution is 2.12. The second kappa shape index (κ2) is 26.4. The number of aliphatic carboxylic acids is 1. The molecule has 3 rings (SSSR count). The van der Waals surface area contributed by atoms with Gasteiger partial charge in [0.2, 0.25) is 41.4 Å². The van der Waals surface area contributed by atoms with Crippen molar-refractivity contribution in [2.75, 3.05) is 24.0 Å². The van der Waals surface area contributed by atoms with E-state index in [0.717, 1.165) is 0 Å². The molecule has 63 heavy (non-hydrogen) atoms. The van der Waals surface area contributed by atoms with E-state index >= 15 is 0 Å². The number of thioether (sulfide) groups is 2. The van der Waals surface area contributed by atoms with Crippen molar-refractivity contribution >= 4 is 70.8 Å². The third kappa shape index (κ3) is 18.0. The van der Waals surface area contributed by atoms with E-state index in [4.69, 9.17) is 16.6 Å². The van der Waals surface area contributed by atoms with Crippen molar-refractivity contribution in [3.8, 4) is 5.75 Å². The van der Waals surface area contributed by atoms with E-state index in [-0.39, 0.29) is 37.9 Å². The number of carboxylic acids is 1. The summed E-state index contributed by atoms with van der Waals surface area (Å²) >= 11 is 2.81. The number of primary amides is 1. The van der Waals surface area contributed by atoms with Crippen molar-refractivity contribution in [1.29, 1.82) is 0 Å². The van der Waals surface area contributed by atoms with Gasteiger partial charge in [-0.05, 0) is 73.5 Å². The molecule has 20 nitrogen and oxygen atoms in total. The quantitative estimate of drug-likeness (QED) is 0.0431. The first-order chi connectivity index (χ1) is 30.0. The van der Waals surface area contributed by atoms with Crippen LogP contribution in [0.1, 0.15) is 43.0 Å². The zero-order valence-corrected chi connectivity index (χ0v) is 36.8. The highest BCUT2D eigenvalue weighted by atomic mass is 32.2. The number of aromatic amines is 1. The Labute approximate surface area is 373 Å². The first kappa shape index (κ1) is 51.2. The summed E-state index contributed by atoms with van der Waals surface area (Å²) in [4.78, 5) is 112. The van der Waals surface area contributed by atoms with Gasteiger partial charge in [0.25, 0.3) is 0 Å². The van der Waals surface area contributed by atoms with E-state index in [1.165, 1.54) is 55.1 Å². The molecule has 0 saturated carbocycles. The molecule has 1 heterocycles. The van der Waals surface area contributed by atoms with E-state index < -0.39 is 96.0 Å². The average molecular weight is 913 g/mol. The fourth-order valence-electron chi connectivity index (χ4n) is 6.04. The Morgan fingerprint density at radius 1 is 0.651 bits per heavy atom. The monoisotopic (exact) mass is 912 g/mol. The lowest BCUT2D eigenvalue weighted by Gasteiger charge is -2.27. The molecule has 0 saturated heterocycles. The summed E-state index contributed by atoms with van der Waals surface area (Å²) in [5, 5.41) is 34.3. The Kier molecular flexibility index (Phi) is 21.4. The molecule has 0 bridgehead atoms. The molecule has 13 N–H and O–H groups in total. The topological polar surface area (TPSA) is 330 Å². The number of nitrogens with two attached hydrogens (primary N) is 2.